The lowest BCUT2D eigenvalue weighted by Gasteiger charge is -2.13. The molecule has 0 bridgehead atoms. The molecule has 1 amide bonds. The number of hydrogen-bond donors (Lipinski definition) is 2. The zero-order valence-electron chi connectivity index (χ0n) is 14.8. The Hall–Kier alpha value is -2.38. The molecule has 26 heavy (non-hydrogen) atoms. The number of nitrogens with one attached hydrogen (secondary N) is 2. The number of hydrogen-bond acceptors (Lipinski definition) is 5. The van der Waals surface area contributed by atoms with Crippen molar-refractivity contribution < 1.29 is 14.3 Å². The van der Waals surface area contributed by atoms with Crippen LogP contribution in [-0.4, -0.2) is 24.7 Å². The van der Waals surface area contributed by atoms with Crippen LogP contribution in [0.3, 0.4) is 0 Å². The number of ether oxygens (including phenoxy) is 2. The molecule has 0 aliphatic rings. The molecule has 5 nitrogen and oxygen atoms in total. The fraction of sp³-hybridized carbons (Fsp3) is 0.263. The second kappa shape index (κ2) is 10.6. The lowest BCUT2D eigenvalue weighted by Crippen LogP contribution is -2.37. The normalized spacial score (nSPS) is 10.5. The first-order valence-electron chi connectivity index (χ1n) is 8.22. The van der Waals surface area contributed by atoms with E-state index in [2.05, 4.69) is 17.6 Å². The Morgan fingerprint density at radius 3 is 2.85 bits per heavy atom. The predicted molar refractivity (Wildman–Crippen MR) is 110 cm³/mol. The molecule has 0 atom stereocenters. The first kappa shape index (κ1) is 19.9. The molecular formula is C19H22N2O3S2. The number of rotatable bonds is 8. The van der Waals surface area contributed by atoms with Gasteiger partial charge >= 0.3 is 0 Å². The number of thiocarbonyl (C=S) groups is 1. The Kier molecular flexibility index (Phi) is 8.11. The van der Waals surface area contributed by atoms with Gasteiger partial charge in [-0.1, -0.05) is 19.1 Å². The molecule has 1 aromatic heterocycles. The minimum Gasteiger partial charge on any atom is -0.493 e. The van der Waals surface area contributed by atoms with Crippen molar-refractivity contribution in [1.82, 2.24) is 10.6 Å². The van der Waals surface area contributed by atoms with E-state index in [1.54, 1.807) is 24.5 Å². The third-order valence-corrected chi connectivity index (χ3v) is 4.41. The summed E-state index contributed by atoms with van der Waals surface area (Å²) in [6.07, 6.45) is 4.15. The summed E-state index contributed by atoms with van der Waals surface area (Å²) in [6.45, 7) is 3.16. The molecule has 0 fully saturated rings. The van der Waals surface area contributed by atoms with Gasteiger partial charge in [0.1, 0.15) is 0 Å². The van der Waals surface area contributed by atoms with Gasteiger partial charge in [0.25, 0.3) is 0 Å². The predicted octanol–water partition coefficient (Wildman–Crippen LogP) is 3.75. The summed E-state index contributed by atoms with van der Waals surface area (Å²) < 4.78 is 11.0. The molecule has 138 valence electrons. The summed E-state index contributed by atoms with van der Waals surface area (Å²) in [5.41, 5.74) is 0.969. The van der Waals surface area contributed by atoms with E-state index in [-0.39, 0.29) is 11.0 Å². The van der Waals surface area contributed by atoms with E-state index in [1.165, 1.54) is 6.08 Å². The highest BCUT2D eigenvalue weighted by Crippen LogP contribution is 2.28. The topological polar surface area (TPSA) is 59.6 Å². The van der Waals surface area contributed by atoms with Crippen molar-refractivity contribution in [3.63, 3.8) is 0 Å². The Labute approximate surface area is 163 Å². The third kappa shape index (κ3) is 6.50. The number of benzene rings is 1. The molecule has 0 aliphatic heterocycles. The quantitative estimate of drug-likeness (QED) is 0.531. The molecule has 0 aliphatic carbocycles. The van der Waals surface area contributed by atoms with Crippen molar-refractivity contribution in [3.05, 3.63) is 52.2 Å². The molecule has 0 spiro atoms. The molecule has 2 N–H and O–H groups in total. The monoisotopic (exact) mass is 390 g/mol. The van der Waals surface area contributed by atoms with Gasteiger partial charge in [-0.25, -0.2) is 0 Å². The maximum atomic E-state index is 11.8. The van der Waals surface area contributed by atoms with Crippen molar-refractivity contribution in [1.29, 1.82) is 0 Å². The van der Waals surface area contributed by atoms with Gasteiger partial charge in [0.15, 0.2) is 16.6 Å². The SMILES string of the molecule is CCCOc1ccc(CNC(=S)NC(=O)/C=C/c2cccs2)cc1OC. The van der Waals surface area contributed by atoms with Crippen LogP contribution in [0.1, 0.15) is 23.8 Å². The van der Waals surface area contributed by atoms with Gasteiger partial charge in [-0.2, -0.15) is 0 Å². The number of amides is 1. The Balaban J connectivity index is 1.83. The minimum atomic E-state index is -0.267. The van der Waals surface area contributed by atoms with Gasteiger partial charge in [0.05, 0.1) is 13.7 Å². The van der Waals surface area contributed by atoms with Crippen LogP contribution in [0.15, 0.2) is 41.8 Å². The largest absolute Gasteiger partial charge is 0.493 e. The van der Waals surface area contributed by atoms with E-state index in [9.17, 15) is 4.79 Å². The van der Waals surface area contributed by atoms with E-state index < -0.39 is 0 Å². The van der Waals surface area contributed by atoms with Crippen molar-refractivity contribution in [2.45, 2.75) is 19.9 Å². The standard InChI is InChI=1S/C19H22N2O3S2/c1-3-10-24-16-8-6-14(12-17(16)23-2)13-20-19(25)21-18(22)9-7-15-5-4-11-26-15/h4-9,11-12H,3,10,13H2,1-2H3,(H2,20,21,22,25)/b9-7+. The highest BCUT2D eigenvalue weighted by Gasteiger charge is 2.07. The summed E-state index contributed by atoms with van der Waals surface area (Å²) >= 11 is 6.72. The fourth-order valence-electron chi connectivity index (χ4n) is 2.08. The van der Waals surface area contributed by atoms with E-state index in [4.69, 9.17) is 21.7 Å². The van der Waals surface area contributed by atoms with Crippen LogP contribution in [0, 0.1) is 0 Å². The van der Waals surface area contributed by atoms with Crippen molar-refractivity contribution in [2.75, 3.05) is 13.7 Å². The van der Waals surface area contributed by atoms with E-state index in [0.29, 0.717) is 24.7 Å². The lowest BCUT2D eigenvalue weighted by atomic mass is 10.2. The third-order valence-electron chi connectivity index (χ3n) is 3.32. The van der Waals surface area contributed by atoms with E-state index >= 15 is 0 Å². The summed E-state index contributed by atoms with van der Waals surface area (Å²) in [5.74, 6) is 1.12. The molecule has 7 heteroatoms. The van der Waals surface area contributed by atoms with Crippen molar-refractivity contribution in [2.24, 2.45) is 0 Å². The van der Waals surface area contributed by atoms with Crippen LogP contribution in [0.4, 0.5) is 0 Å². The van der Waals surface area contributed by atoms with Crippen LogP contribution < -0.4 is 20.1 Å². The van der Waals surface area contributed by atoms with E-state index in [0.717, 1.165) is 16.9 Å². The molecule has 1 aromatic carbocycles. The number of thiophene rings is 1. The highest BCUT2D eigenvalue weighted by atomic mass is 32.1. The molecule has 0 radical (unpaired) electrons. The second-order valence-electron chi connectivity index (χ2n) is 5.35. The van der Waals surface area contributed by atoms with Crippen LogP contribution in [0.5, 0.6) is 11.5 Å². The Morgan fingerprint density at radius 1 is 1.31 bits per heavy atom. The highest BCUT2D eigenvalue weighted by molar-refractivity contribution is 7.80. The summed E-state index contributed by atoms with van der Waals surface area (Å²) in [4.78, 5) is 12.9. The number of methoxy groups -OCH3 is 1. The van der Waals surface area contributed by atoms with E-state index in [1.807, 2.05) is 35.7 Å². The number of carbonyl (C=O) groups is 1. The summed E-state index contributed by atoms with van der Waals surface area (Å²) in [6, 6.07) is 9.56. The van der Waals surface area contributed by atoms with Gasteiger partial charge in [-0.05, 0) is 53.9 Å². The average molecular weight is 391 g/mol. The number of carbonyl (C=O) groups excluding carboxylic acids is 1. The summed E-state index contributed by atoms with van der Waals surface area (Å²) in [5, 5.41) is 7.86. The lowest BCUT2D eigenvalue weighted by molar-refractivity contribution is -0.115. The first-order chi connectivity index (χ1) is 12.6. The molecule has 1 heterocycles. The van der Waals surface area contributed by atoms with Gasteiger partial charge in [-0.3, -0.25) is 10.1 Å². The maximum Gasteiger partial charge on any atom is 0.250 e. The van der Waals surface area contributed by atoms with Crippen LogP contribution in [0.25, 0.3) is 6.08 Å². The molecule has 0 saturated heterocycles. The average Bonchev–Trinajstić information content (AvgIpc) is 3.17. The van der Waals surface area contributed by atoms with Crippen LogP contribution in [-0.2, 0) is 11.3 Å². The second-order valence-corrected chi connectivity index (χ2v) is 6.74. The molecule has 0 saturated carbocycles. The van der Waals surface area contributed by atoms with Crippen LogP contribution >= 0.6 is 23.6 Å². The van der Waals surface area contributed by atoms with Gasteiger partial charge < -0.3 is 14.8 Å². The Morgan fingerprint density at radius 2 is 2.15 bits per heavy atom. The molecule has 2 rings (SSSR count). The first-order valence-corrected chi connectivity index (χ1v) is 9.51. The zero-order valence-corrected chi connectivity index (χ0v) is 16.4. The molecular weight excluding hydrogens is 368 g/mol. The van der Waals surface area contributed by atoms with Gasteiger partial charge in [0, 0.05) is 17.5 Å². The van der Waals surface area contributed by atoms with Crippen molar-refractivity contribution >= 4 is 40.7 Å². The Bertz CT molecular complexity index is 758. The summed E-state index contributed by atoms with van der Waals surface area (Å²) in [7, 11) is 1.61. The fourth-order valence-corrected chi connectivity index (χ4v) is 2.87. The minimum absolute atomic E-state index is 0.267. The maximum absolute atomic E-state index is 11.8. The molecule has 2 aromatic rings. The zero-order chi connectivity index (χ0) is 18.8. The van der Waals surface area contributed by atoms with Crippen molar-refractivity contribution in [3.8, 4) is 11.5 Å². The smallest absolute Gasteiger partial charge is 0.250 e. The van der Waals surface area contributed by atoms with Gasteiger partial charge in [-0.15, -0.1) is 11.3 Å². The molecule has 0 unspecified atom stereocenters. The van der Waals surface area contributed by atoms with Gasteiger partial charge in [0.2, 0.25) is 5.91 Å². The van der Waals surface area contributed by atoms with Crippen LogP contribution in [0.2, 0.25) is 0 Å².